The Labute approximate surface area is 70.7 Å². The van der Waals surface area contributed by atoms with E-state index in [1.54, 1.807) is 11.8 Å². The SMILES string of the molecule is CSCC1CCC(F)(F)CC1. The van der Waals surface area contributed by atoms with Crippen molar-refractivity contribution >= 4 is 11.8 Å². The fraction of sp³-hybridized carbons (Fsp3) is 1.00. The molecule has 0 heterocycles. The van der Waals surface area contributed by atoms with Gasteiger partial charge in [-0.15, -0.1) is 0 Å². The molecule has 0 nitrogen and oxygen atoms in total. The molecule has 0 aromatic heterocycles. The number of alkyl halides is 2. The van der Waals surface area contributed by atoms with Crippen molar-refractivity contribution in [1.82, 2.24) is 0 Å². The Hall–Kier alpha value is 0.210. The zero-order valence-electron chi connectivity index (χ0n) is 6.78. The molecular formula is C8H14F2S. The maximum Gasteiger partial charge on any atom is 0.248 e. The molecule has 1 rings (SSSR count). The summed E-state index contributed by atoms with van der Waals surface area (Å²) in [5, 5.41) is 0. The molecule has 0 aliphatic heterocycles. The molecule has 0 radical (unpaired) electrons. The van der Waals surface area contributed by atoms with Crippen LogP contribution in [0.2, 0.25) is 0 Å². The van der Waals surface area contributed by atoms with Crippen molar-refractivity contribution in [2.45, 2.75) is 31.6 Å². The minimum atomic E-state index is -2.35. The number of hydrogen-bond acceptors (Lipinski definition) is 1. The first-order chi connectivity index (χ1) is 5.14. The van der Waals surface area contributed by atoms with Gasteiger partial charge in [0, 0.05) is 12.8 Å². The molecule has 0 atom stereocenters. The minimum absolute atomic E-state index is 0.109. The predicted molar refractivity (Wildman–Crippen MR) is 45.3 cm³/mol. The quantitative estimate of drug-likeness (QED) is 0.629. The van der Waals surface area contributed by atoms with Crippen LogP contribution in [-0.2, 0) is 0 Å². The van der Waals surface area contributed by atoms with Crippen molar-refractivity contribution in [2.24, 2.45) is 5.92 Å². The van der Waals surface area contributed by atoms with Gasteiger partial charge in [-0.25, -0.2) is 8.78 Å². The smallest absolute Gasteiger partial charge is 0.207 e. The summed E-state index contributed by atoms with van der Waals surface area (Å²) >= 11 is 1.76. The third kappa shape index (κ3) is 2.97. The topological polar surface area (TPSA) is 0 Å². The third-order valence-electron chi connectivity index (χ3n) is 2.24. The largest absolute Gasteiger partial charge is 0.248 e. The third-order valence-corrected chi connectivity index (χ3v) is 3.04. The Bertz CT molecular complexity index is 115. The van der Waals surface area contributed by atoms with Gasteiger partial charge < -0.3 is 0 Å². The second-order valence-corrected chi connectivity index (χ2v) is 4.17. The van der Waals surface area contributed by atoms with Gasteiger partial charge in [-0.05, 0) is 30.8 Å². The summed E-state index contributed by atoms with van der Waals surface area (Å²) in [7, 11) is 0. The molecule has 0 amide bonds. The van der Waals surface area contributed by atoms with Crippen molar-refractivity contribution in [3.8, 4) is 0 Å². The maximum atomic E-state index is 12.6. The molecule has 3 heteroatoms. The fourth-order valence-corrected chi connectivity index (χ4v) is 2.31. The Morgan fingerprint density at radius 3 is 2.36 bits per heavy atom. The summed E-state index contributed by atoms with van der Waals surface area (Å²) < 4.78 is 25.2. The van der Waals surface area contributed by atoms with Gasteiger partial charge in [-0.1, -0.05) is 0 Å². The van der Waals surface area contributed by atoms with E-state index in [-0.39, 0.29) is 12.8 Å². The van der Waals surface area contributed by atoms with Crippen molar-refractivity contribution in [1.29, 1.82) is 0 Å². The standard InChI is InChI=1S/C8H14F2S/c1-11-6-7-2-4-8(9,10)5-3-7/h7H,2-6H2,1H3. The molecule has 1 fully saturated rings. The fourth-order valence-electron chi connectivity index (χ4n) is 1.50. The van der Waals surface area contributed by atoms with Crippen LogP contribution in [0.3, 0.4) is 0 Å². The van der Waals surface area contributed by atoms with E-state index in [1.807, 2.05) is 6.26 Å². The van der Waals surface area contributed by atoms with Crippen LogP contribution in [-0.4, -0.2) is 17.9 Å². The molecule has 1 aliphatic rings. The van der Waals surface area contributed by atoms with Crippen LogP contribution in [0.4, 0.5) is 8.78 Å². The van der Waals surface area contributed by atoms with Crippen molar-refractivity contribution < 1.29 is 8.78 Å². The molecule has 0 bridgehead atoms. The van der Waals surface area contributed by atoms with Crippen LogP contribution in [0.5, 0.6) is 0 Å². The van der Waals surface area contributed by atoms with Gasteiger partial charge in [-0.2, -0.15) is 11.8 Å². The Kier molecular flexibility index (Phi) is 3.16. The van der Waals surface area contributed by atoms with Crippen LogP contribution in [0.15, 0.2) is 0 Å². The van der Waals surface area contributed by atoms with E-state index in [0.29, 0.717) is 18.8 Å². The highest BCUT2D eigenvalue weighted by molar-refractivity contribution is 7.98. The average Bonchev–Trinajstić information content (AvgIpc) is 1.94. The Morgan fingerprint density at radius 1 is 1.36 bits per heavy atom. The summed E-state index contributed by atoms with van der Waals surface area (Å²) in [5.41, 5.74) is 0. The summed E-state index contributed by atoms with van der Waals surface area (Å²) in [6.45, 7) is 0. The van der Waals surface area contributed by atoms with Crippen molar-refractivity contribution in [3.63, 3.8) is 0 Å². The molecule has 66 valence electrons. The molecule has 1 aliphatic carbocycles. The first-order valence-corrected chi connectivity index (χ1v) is 5.40. The molecule has 0 saturated heterocycles. The normalized spacial score (nSPS) is 25.4. The average molecular weight is 180 g/mol. The van der Waals surface area contributed by atoms with E-state index in [0.717, 1.165) is 5.75 Å². The van der Waals surface area contributed by atoms with Crippen LogP contribution in [0.1, 0.15) is 25.7 Å². The summed E-state index contributed by atoms with van der Waals surface area (Å²) in [5.74, 6) is -0.755. The molecule has 0 spiro atoms. The summed E-state index contributed by atoms with van der Waals surface area (Å²) in [6.07, 6.45) is 3.69. The zero-order chi connectivity index (χ0) is 8.32. The first-order valence-electron chi connectivity index (χ1n) is 4.01. The van der Waals surface area contributed by atoms with Crippen LogP contribution in [0.25, 0.3) is 0 Å². The predicted octanol–water partition coefficient (Wildman–Crippen LogP) is 3.17. The second kappa shape index (κ2) is 3.74. The minimum Gasteiger partial charge on any atom is -0.207 e. The Balaban J connectivity index is 2.25. The number of halogens is 2. The van der Waals surface area contributed by atoms with Gasteiger partial charge in [0.2, 0.25) is 5.92 Å². The van der Waals surface area contributed by atoms with Crippen molar-refractivity contribution in [3.05, 3.63) is 0 Å². The zero-order valence-corrected chi connectivity index (χ0v) is 7.59. The van der Waals surface area contributed by atoms with E-state index in [9.17, 15) is 8.78 Å². The van der Waals surface area contributed by atoms with Crippen LogP contribution in [0, 0.1) is 5.92 Å². The summed E-state index contributed by atoms with van der Waals surface area (Å²) in [4.78, 5) is 0. The molecule has 0 aromatic rings. The maximum absolute atomic E-state index is 12.6. The van der Waals surface area contributed by atoms with Gasteiger partial charge in [0.15, 0.2) is 0 Å². The van der Waals surface area contributed by atoms with Gasteiger partial charge in [0.25, 0.3) is 0 Å². The van der Waals surface area contributed by atoms with E-state index in [4.69, 9.17) is 0 Å². The van der Waals surface area contributed by atoms with Gasteiger partial charge in [0.1, 0.15) is 0 Å². The highest BCUT2D eigenvalue weighted by atomic mass is 32.2. The highest BCUT2D eigenvalue weighted by Gasteiger charge is 2.34. The monoisotopic (exact) mass is 180 g/mol. The van der Waals surface area contributed by atoms with E-state index in [2.05, 4.69) is 0 Å². The van der Waals surface area contributed by atoms with Gasteiger partial charge in [0.05, 0.1) is 0 Å². The van der Waals surface area contributed by atoms with Gasteiger partial charge >= 0.3 is 0 Å². The van der Waals surface area contributed by atoms with Crippen molar-refractivity contribution in [2.75, 3.05) is 12.0 Å². The van der Waals surface area contributed by atoms with Crippen LogP contribution >= 0.6 is 11.8 Å². The lowest BCUT2D eigenvalue weighted by Gasteiger charge is -2.27. The lowest BCUT2D eigenvalue weighted by atomic mass is 9.88. The summed E-state index contributed by atoms with van der Waals surface area (Å²) in [6, 6.07) is 0. The molecule has 0 aromatic carbocycles. The Morgan fingerprint density at radius 2 is 1.91 bits per heavy atom. The number of rotatable bonds is 2. The highest BCUT2D eigenvalue weighted by Crippen LogP contribution is 2.36. The molecule has 11 heavy (non-hydrogen) atoms. The number of hydrogen-bond donors (Lipinski definition) is 0. The van der Waals surface area contributed by atoms with E-state index < -0.39 is 5.92 Å². The lowest BCUT2D eigenvalue weighted by molar-refractivity contribution is -0.0433. The van der Waals surface area contributed by atoms with E-state index in [1.165, 1.54) is 0 Å². The molecule has 0 N–H and O–H groups in total. The first kappa shape index (κ1) is 9.30. The second-order valence-electron chi connectivity index (χ2n) is 3.25. The molecule has 1 saturated carbocycles. The lowest BCUT2D eigenvalue weighted by Crippen LogP contribution is -2.25. The number of thioether (sulfide) groups is 1. The van der Waals surface area contributed by atoms with Crippen LogP contribution < -0.4 is 0 Å². The molecular weight excluding hydrogens is 166 g/mol. The van der Waals surface area contributed by atoms with Gasteiger partial charge in [-0.3, -0.25) is 0 Å². The molecule has 0 unspecified atom stereocenters. The van der Waals surface area contributed by atoms with E-state index >= 15 is 0 Å².